The second-order valence-corrected chi connectivity index (χ2v) is 5.86. The van der Waals surface area contributed by atoms with Crippen LogP contribution in [0.1, 0.15) is 25.7 Å². The summed E-state index contributed by atoms with van der Waals surface area (Å²) >= 11 is 0. The Balaban J connectivity index is 1.88. The van der Waals surface area contributed by atoms with E-state index in [2.05, 4.69) is 10.6 Å². The quantitative estimate of drug-likeness (QED) is 0.741. The van der Waals surface area contributed by atoms with Gasteiger partial charge in [-0.25, -0.2) is 18.0 Å². The number of rotatable bonds is 6. The molecule has 0 radical (unpaired) electrons. The van der Waals surface area contributed by atoms with Gasteiger partial charge in [-0.15, -0.1) is 0 Å². The van der Waals surface area contributed by atoms with Gasteiger partial charge in [0, 0.05) is 12.6 Å². The highest BCUT2D eigenvalue weighted by Crippen LogP contribution is 2.26. The number of ether oxygens (including phenoxy) is 1. The third-order valence-electron chi connectivity index (χ3n) is 3.86. The number of halogens is 3. The number of benzene rings is 1. The lowest BCUT2D eigenvalue weighted by atomic mass is 9.87. The summed E-state index contributed by atoms with van der Waals surface area (Å²) in [5, 5.41) is 14.7. The van der Waals surface area contributed by atoms with E-state index in [-0.39, 0.29) is 23.5 Å². The smallest absolute Gasteiger partial charge is 0.319 e. The fourth-order valence-electron chi connectivity index (χ4n) is 2.72. The number of carbonyl (C=O) groups excluding carboxylic acids is 1. The van der Waals surface area contributed by atoms with Gasteiger partial charge >= 0.3 is 6.03 Å². The number of hydrogen-bond donors (Lipinski definition) is 3. The Hall–Kier alpha value is -1.96. The second-order valence-electron chi connectivity index (χ2n) is 5.86. The Kier molecular flexibility index (Phi) is 6.72. The molecule has 134 valence electrons. The van der Waals surface area contributed by atoms with Gasteiger partial charge in [0.05, 0.1) is 11.8 Å². The first kappa shape index (κ1) is 18.4. The van der Waals surface area contributed by atoms with E-state index < -0.39 is 24.9 Å². The molecule has 1 saturated carbocycles. The fourth-order valence-corrected chi connectivity index (χ4v) is 2.72. The van der Waals surface area contributed by atoms with Gasteiger partial charge in [-0.2, -0.15) is 0 Å². The van der Waals surface area contributed by atoms with Crippen molar-refractivity contribution in [2.24, 2.45) is 5.92 Å². The van der Waals surface area contributed by atoms with Crippen LogP contribution in [0, 0.1) is 11.7 Å². The number of hydrogen-bond acceptors (Lipinski definition) is 3. The third-order valence-corrected chi connectivity index (χ3v) is 3.86. The largest absolute Gasteiger partial charge is 0.485 e. The number of aliphatic hydroxyl groups excluding tert-OH is 1. The van der Waals surface area contributed by atoms with E-state index in [1.807, 2.05) is 0 Å². The average Bonchev–Trinajstić information content (AvgIpc) is 2.53. The van der Waals surface area contributed by atoms with Crippen LogP contribution in [-0.2, 0) is 0 Å². The summed E-state index contributed by atoms with van der Waals surface area (Å²) in [6.45, 7) is -0.489. The van der Waals surface area contributed by atoms with Crippen LogP contribution in [0.3, 0.4) is 0 Å². The van der Waals surface area contributed by atoms with Gasteiger partial charge < -0.3 is 20.5 Å². The molecule has 1 aliphatic carbocycles. The van der Waals surface area contributed by atoms with Crippen LogP contribution in [0.15, 0.2) is 18.2 Å². The number of urea groups is 1. The molecule has 2 amide bonds. The standard InChI is InChI=1S/C16H21F3N2O3/c17-11-4-5-13(14(7-11)24-9-15(18)19)21-16(23)20-8-10-2-1-3-12(22)6-10/h4-5,7,10,12,15,22H,1-3,6,8-9H2,(H2,20,21,23). The highest BCUT2D eigenvalue weighted by atomic mass is 19.3. The number of nitrogens with one attached hydrogen (secondary N) is 2. The predicted molar refractivity (Wildman–Crippen MR) is 82.9 cm³/mol. The van der Waals surface area contributed by atoms with Crippen molar-refractivity contribution in [2.45, 2.75) is 38.2 Å². The van der Waals surface area contributed by atoms with Crippen molar-refractivity contribution in [3.8, 4) is 5.75 Å². The molecular weight excluding hydrogens is 325 g/mol. The molecule has 2 unspecified atom stereocenters. The predicted octanol–water partition coefficient (Wildman–Crippen LogP) is 3.14. The summed E-state index contributed by atoms with van der Waals surface area (Å²) in [4.78, 5) is 11.9. The SMILES string of the molecule is O=C(NCC1CCCC(O)C1)Nc1ccc(F)cc1OCC(F)F. The molecule has 0 bridgehead atoms. The summed E-state index contributed by atoms with van der Waals surface area (Å²) in [7, 11) is 0. The number of anilines is 1. The minimum atomic E-state index is -2.70. The van der Waals surface area contributed by atoms with Crippen molar-refractivity contribution in [3.05, 3.63) is 24.0 Å². The Morgan fingerprint density at radius 2 is 2.17 bits per heavy atom. The molecule has 0 aromatic heterocycles. The molecule has 1 aromatic rings. The lowest BCUT2D eigenvalue weighted by Gasteiger charge is -2.26. The van der Waals surface area contributed by atoms with Crippen LogP contribution in [0.25, 0.3) is 0 Å². The van der Waals surface area contributed by atoms with Gasteiger partial charge in [0.25, 0.3) is 6.43 Å². The topological polar surface area (TPSA) is 70.6 Å². The molecule has 0 spiro atoms. The lowest BCUT2D eigenvalue weighted by molar-refractivity contribution is 0.0821. The number of aliphatic hydroxyl groups is 1. The van der Waals surface area contributed by atoms with Gasteiger partial charge in [0.2, 0.25) is 0 Å². The summed E-state index contributed by atoms with van der Waals surface area (Å²) in [5.41, 5.74) is 0.109. The van der Waals surface area contributed by atoms with Crippen molar-refractivity contribution in [1.82, 2.24) is 5.32 Å². The summed E-state index contributed by atoms with van der Waals surface area (Å²) in [6.07, 6.45) is 0.227. The minimum absolute atomic E-state index is 0.109. The highest BCUT2D eigenvalue weighted by molar-refractivity contribution is 5.90. The number of amides is 2. The maximum Gasteiger partial charge on any atom is 0.319 e. The molecule has 1 fully saturated rings. The zero-order valence-corrected chi connectivity index (χ0v) is 13.1. The molecule has 2 rings (SSSR count). The molecule has 1 aliphatic rings. The average molecular weight is 346 g/mol. The zero-order valence-electron chi connectivity index (χ0n) is 13.1. The Labute approximate surface area is 138 Å². The van der Waals surface area contributed by atoms with E-state index in [9.17, 15) is 23.1 Å². The van der Waals surface area contributed by atoms with Gasteiger partial charge in [0.15, 0.2) is 0 Å². The van der Waals surface area contributed by atoms with Gasteiger partial charge in [-0.3, -0.25) is 0 Å². The van der Waals surface area contributed by atoms with Crippen LogP contribution >= 0.6 is 0 Å². The van der Waals surface area contributed by atoms with Crippen molar-refractivity contribution in [3.63, 3.8) is 0 Å². The highest BCUT2D eigenvalue weighted by Gasteiger charge is 2.20. The number of carbonyl (C=O) groups is 1. The van der Waals surface area contributed by atoms with E-state index in [0.717, 1.165) is 31.4 Å². The Bertz CT molecular complexity index is 557. The van der Waals surface area contributed by atoms with Crippen LogP contribution in [0.4, 0.5) is 23.7 Å². The summed E-state index contributed by atoms with van der Waals surface area (Å²) in [5.74, 6) is -0.609. The van der Waals surface area contributed by atoms with Crippen molar-refractivity contribution < 1.29 is 27.8 Å². The maximum atomic E-state index is 13.2. The monoisotopic (exact) mass is 346 g/mol. The molecule has 0 heterocycles. The van der Waals surface area contributed by atoms with Crippen LogP contribution in [0.5, 0.6) is 5.75 Å². The normalized spacial score (nSPS) is 20.7. The third kappa shape index (κ3) is 5.92. The van der Waals surface area contributed by atoms with Crippen LogP contribution in [-0.4, -0.2) is 36.8 Å². The zero-order chi connectivity index (χ0) is 17.5. The Morgan fingerprint density at radius 3 is 2.88 bits per heavy atom. The summed E-state index contributed by atoms with van der Waals surface area (Å²) in [6, 6.07) is 2.75. The van der Waals surface area contributed by atoms with Gasteiger partial charge in [0.1, 0.15) is 18.2 Å². The molecule has 24 heavy (non-hydrogen) atoms. The van der Waals surface area contributed by atoms with E-state index >= 15 is 0 Å². The van der Waals surface area contributed by atoms with Crippen LogP contribution in [0.2, 0.25) is 0 Å². The van der Waals surface area contributed by atoms with Crippen molar-refractivity contribution >= 4 is 11.7 Å². The molecule has 2 atom stereocenters. The van der Waals surface area contributed by atoms with Crippen LogP contribution < -0.4 is 15.4 Å². The molecule has 5 nitrogen and oxygen atoms in total. The lowest BCUT2D eigenvalue weighted by Crippen LogP contribution is -2.35. The Morgan fingerprint density at radius 1 is 1.38 bits per heavy atom. The second kappa shape index (κ2) is 8.77. The van der Waals surface area contributed by atoms with E-state index in [4.69, 9.17) is 4.74 Å². The maximum absolute atomic E-state index is 13.2. The molecule has 3 N–H and O–H groups in total. The van der Waals surface area contributed by atoms with Crippen molar-refractivity contribution in [1.29, 1.82) is 0 Å². The molecule has 0 aliphatic heterocycles. The number of alkyl halides is 2. The minimum Gasteiger partial charge on any atom is -0.485 e. The molecule has 8 heteroatoms. The van der Waals surface area contributed by atoms with Crippen molar-refractivity contribution in [2.75, 3.05) is 18.5 Å². The molecular formula is C16H21F3N2O3. The van der Waals surface area contributed by atoms with E-state index in [0.29, 0.717) is 13.0 Å². The van der Waals surface area contributed by atoms with Gasteiger partial charge in [-0.1, -0.05) is 6.42 Å². The first-order valence-electron chi connectivity index (χ1n) is 7.87. The van der Waals surface area contributed by atoms with Gasteiger partial charge in [-0.05, 0) is 37.3 Å². The molecule has 0 saturated heterocycles. The first-order chi connectivity index (χ1) is 11.4. The van der Waals surface area contributed by atoms with E-state index in [1.165, 1.54) is 6.07 Å². The molecule has 1 aromatic carbocycles. The summed E-state index contributed by atoms with van der Waals surface area (Å²) < 4.78 is 42.5. The fraction of sp³-hybridized carbons (Fsp3) is 0.562. The van der Waals surface area contributed by atoms with E-state index in [1.54, 1.807) is 0 Å². The first-order valence-corrected chi connectivity index (χ1v) is 7.87.